The molecular formula is C32H32Cl2N4O3. The molecule has 2 unspecified atom stereocenters. The molecule has 0 aromatic heterocycles. The number of hydrogen-bond acceptors (Lipinski definition) is 5. The van der Waals surface area contributed by atoms with Gasteiger partial charge in [-0.25, -0.2) is 0 Å². The molecule has 3 aromatic rings. The number of carbonyl (C=O) groups is 2. The minimum Gasteiger partial charge on any atom is -0.398 e. The standard InChI is InChI=1S/C32H32Cl2N4O3/c1-3-4-22-5-12-29-27(19-22)31(39)38(21(2)26-11-10-25(34)20-28(26)35)30(23-6-8-24(33)9-7-23)32(40)37(29)14-13-36-15-17-41-18-16-36/h5-12,19-21,30H,13-18,35H2,1-2H3. The van der Waals surface area contributed by atoms with Crippen LogP contribution < -0.4 is 10.6 Å². The number of nitrogen functional groups attached to an aromatic ring is 1. The van der Waals surface area contributed by atoms with Crippen LogP contribution in [0.1, 0.15) is 53.0 Å². The van der Waals surface area contributed by atoms with Crippen molar-refractivity contribution in [2.45, 2.75) is 25.9 Å². The van der Waals surface area contributed by atoms with Crippen molar-refractivity contribution in [3.8, 4) is 11.8 Å². The predicted molar refractivity (Wildman–Crippen MR) is 163 cm³/mol. The van der Waals surface area contributed by atoms with Crippen molar-refractivity contribution in [2.24, 2.45) is 0 Å². The summed E-state index contributed by atoms with van der Waals surface area (Å²) in [7, 11) is 0. The van der Waals surface area contributed by atoms with Gasteiger partial charge in [-0.3, -0.25) is 14.5 Å². The molecule has 2 amide bonds. The highest BCUT2D eigenvalue weighted by Crippen LogP contribution is 2.41. The number of ether oxygens (including phenoxy) is 1. The molecule has 212 valence electrons. The fourth-order valence-corrected chi connectivity index (χ4v) is 5.83. The first-order valence-electron chi connectivity index (χ1n) is 13.6. The monoisotopic (exact) mass is 590 g/mol. The highest BCUT2D eigenvalue weighted by molar-refractivity contribution is 6.31. The molecule has 0 spiro atoms. The maximum Gasteiger partial charge on any atom is 0.257 e. The lowest BCUT2D eigenvalue weighted by Crippen LogP contribution is -2.47. The summed E-state index contributed by atoms with van der Waals surface area (Å²) in [5.41, 5.74) is 9.87. The van der Waals surface area contributed by atoms with Gasteiger partial charge in [0, 0.05) is 47.5 Å². The fraction of sp³-hybridized carbons (Fsp3) is 0.312. The fourth-order valence-electron chi connectivity index (χ4n) is 5.53. The van der Waals surface area contributed by atoms with Gasteiger partial charge in [0.05, 0.1) is 30.5 Å². The van der Waals surface area contributed by atoms with Crippen molar-refractivity contribution < 1.29 is 14.3 Å². The van der Waals surface area contributed by atoms with Crippen molar-refractivity contribution in [1.29, 1.82) is 0 Å². The van der Waals surface area contributed by atoms with Crippen LogP contribution in [0, 0.1) is 11.8 Å². The molecule has 5 rings (SSSR count). The predicted octanol–water partition coefficient (Wildman–Crippen LogP) is 5.57. The van der Waals surface area contributed by atoms with Crippen LogP contribution in [-0.2, 0) is 9.53 Å². The van der Waals surface area contributed by atoms with Crippen LogP contribution in [-0.4, -0.2) is 61.0 Å². The largest absolute Gasteiger partial charge is 0.398 e. The van der Waals surface area contributed by atoms with Crippen LogP contribution in [0.5, 0.6) is 0 Å². The molecule has 1 saturated heterocycles. The molecule has 7 nitrogen and oxygen atoms in total. The Kier molecular flexibility index (Phi) is 8.86. The molecule has 41 heavy (non-hydrogen) atoms. The van der Waals surface area contributed by atoms with Crippen LogP contribution in [0.3, 0.4) is 0 Å². The summed E-state index contributed by atoms with van der Waals surface area (Å²) < 4.78 is 5.51. The second-order valence-corrected chi connectivity index (χ2v) is 11.0. The van der Waals surface area contributed by atoms with E-state index in [1.54, 1.807) is 65.3 Å². The van der Waals surface area contributed by atoms with Gasteiger partial charge in [-0.2, -0.15) is 0 Å². The second kappa shape index (κ2) is 12.5. The zero-order valence-corrected chi connectivity index (χ0v) is 24.6. The van der Waals surface area contributed by atoms with E-state index in [-0.39, 0.29) is 11.8 Å². The third-order valence-corrected chi connectivity index (χ3v) is 8.13. The summed E-state index contributed by atoms with van der Waals surface area (Å²) in [4.78, 5) is 34.9. The number of benzene rings is 3. The molecule has 9 heteroatoms. The molecule has 2 N–H and O–H groups in total. The lowest BCUT2D eigenvalue weighted by atomic mass is 9.97. The van der Waals surface area contributed by atoms with Gasteiger partial charge in [-0.1, -0.05) is 47.3 Å². The smallest absolute Gasteiger partial charge is 0.257 e. The number of hydrogen-bond donors (Lipinski definition) is 1. The molecule has 0 bridgehead atoms. The summed E-state index contributed by atoms with van der Waals surface area (Å²) in [5.74, 6) is 5.46. The average Bonchev–Trinajstić information content (AvgIpc) is 3.05. The van der Waals surface area contributed by atoms with Gasteiger partial charge < -0.3 is 20.3 Å². The van der Waals surface area contributed by atoms with E-state index in [1.165, 1.54) is 0 Å². The number of nitrogens with zero attached hydrogens (tertiary/aromatic N) is 3. The third kappa shape index (κ3) is 6.07. The van der Waals surface area contributed by atoms with Gasteiger partial charge in [0.25, 0.3) is 11.8 Å². The van der Waals surface area contributed by atoms with Crippen LogP contribution in [0.15, 0.2) is 60.7 Å². The molecule has 0 radical (unpaired) electrons. The summed E-state index contributed by atoms with van der Waals surface area (Å²) in [6.07, 6.45) is 0. The highest BCUT2D eigenvalue weighted by atomic mass is 35.5. The van der Waals surface area contributed by atoms with Gasteiger partial charge in [0.15, 0.2) is 0 Å². The number of amides is 2. The number of morpholine rings is 1. The zero-order valence-electron chi connectivity index (χ0n) is 23.1. The Balaban J connectivity index is 1.67. The van der Waals surface area contributed by atoms with E-state index in [9.17, 15) is 9.59 Å². The quantitative estimate of drug-likeness (QED) is 0.300. The Bertz CT molecular complexity index is 1510. The normalized spacial score (nSPS) is 18.4. The van der Waals surface area contributed by atoms with E-state index >= 15 is 0 Å². The topological polar surface area (TPSA) is 79.1 Å². The van der Waals surface area contributed by atoms with Crippen molar-refractivity contribution in [3.05, 3.63) is 93.0 Å². The van der Waals surface area contributed by atoms with Crippen molar-refractivity contribution >= 4 is 46.4 Å². The molecule has 3 aromatic carbocycles. The lowest BCUT2D eigenvalue weighted by Gasteiger charge is -2.36. The van der Waals surface area contributed by atoms with Crippen molar-refractivity contribution in [2.75, 3.05) is 50.0 Å². The number of carbonyl (C=O) groups excluding carboxylic acids is 2. The Morgan fingerprint density at radius 1 is 0.976 bits per heavy atom. The van der Waals surface area contributed by atoms with Gasteiger partial charge in [0.2, 0.25) is 0 Å². The average molecular weight is 592 g/mol. The Morgan fingerprint density at radius 3 is 2.37 bits per heavy atom. The Hall–Kier alpha value is -3.54. The lowest BCUT2D eigenvalue weighted by molar-refractivity contribution is -0.123. The Morgan fingerprint density at radius 2 is 1.68 bits per heavy atom. The van der Waals surface area contributed by atoms with E-state index in [0.29, 0.717) is 70.0 Å². The van der Waals surface area contributed by atoms with Crippen LogP contribution >= 0.6 is 23.2 Å². The first-order valence-corrected chi connectivity index (χ1v) is 14.4. The first kappa shape index (κ1) is 29.0. The van der Waals surface area contributed by atoms with E-state index in [0.717, 1.165) is 13.1 Å². The number of fused-ring (bicyclic) bond motifs is 1. The minimum absolute atomic E-state index is 0.207. The molecule has 1 fully saturated rings. The van der Waals surface area contributed by atoms with E-state index in [2.05, 4.69) is 16.7 Å². The molecule has 2 heterocycles. The van der Waals surface area contributed by atoms with Crippen LogP contribution in [0.4, 0.5) is 11.4 Å². The van der Waals surface area contributed by atoms with Gasteiger partial charge in [-0.15, -0.1) is 5.92 Å². The van der Waals surface area contributed by atoms with E-state index < -0.39 is 12.1 Å². The second-order valence-electron chi connectivity index (χ2n) is 10.2. The minimum atomic E-state index is -0.928. The number of nitrogens with two attached hydrogens (primary N) is 1. The maximum atomic E-state index is 14.7. The van der Waals surface area contributed by atoms with E-state index in [1.807, 2.05) is 19.1 Å². The highest BCUT2D eigenvalue weighted by Gasteiger charge is 2.43. The molecular weight excluding hydrogens is 559 g/mol. The molecule has 2 aliphatic rings. The summed E-state index contributed by atoms with van der Waals surface area (Å²) in [6, 6.07) is 16.2. The molecule has 0 aliphatic carbocycles. The molecule has 2 aliphatic heterocycles. The van der Waals surface area contributed by atoms with E-state index in [4.69, 9.17) is 33.7 Å². The van der Waals surface area contributed by atoms with Crippen molar-refractivity contribution in [1.82, 2.24) is 9.80 Å². The summed E-state index contributed by atoms with van der Waals surface area (Å²) in [5, 5.41) is 1.03. The zero-order chi connectivity index (χ0) is 29.1. The van der Waals surface area contributed by atoms with Gasteiger partial charge >= 0.3 is 0 Å². The Labute approximate surface area is 250 Å². The summed E-state index contributed by atoms with van der Waals surface area (Å²) in [6.45, 7) is 7.58. The van der Waals surface area contributed by atoms with Crippen LogP contribution in [0.2, 0.25) is 10.0 Å². The maximum absolute atomic E-state index is 14.7. The SMILES string of the molecule is CC#Cc1ccc2c(c1)C(=O)N(C(C)c1ccc(Cl)cc1N)C(c1ccc(Cl)cc1)C(=O)N2CCN1CCOCC1. The number of halogens is 2. The van der Waals surface area contributed by atoms with Gasteiger partial charge in [0.1, 0.15) is 6.04 Å². The van der Waals surface area contributed by atoms with Crippen LogP contribution in [0.25, 0.3) is 0 Å². The molecule has 2 atom stereocenters. The molecule has 0 saturated carbocycles. The summed E-state index contributed by atoms with van der Waals surface area (Å²) >= 11 is 12.4. The third-order valence-electron chi connectivity index (χ3n) is 7.65. The van der Waals surface area contributed by atoms with Crippen molar-refractivity contribution in [3.63, 3.8) is 0 Å². The first-order chi connectivity index (χ1) is 19.8. The number of anilines is 2. The number of rotatable bonds is 6. The van der Waals surface area contributed by atoms with Gasteiger partial charge in [-0.05, 0) is 67.4 Å².